The number of hydrogen-bond acceptors (Lipinski definition) is 2. The van der Waals surface area contributed by atoms with Crippen LogP contribution in [-0.4, -0.2) is 30.9 Å². The molecule has 0 radical (unpaired) electrons. The highest BCUT2D eigenvalue weighted by Crippen LogP contribution is 2.19. The van der Waals surface area contributed by atoms with Gasteiger partial charge in [-0.2, -0.15) is 0 Å². The summed E-state index contributed by atoms with van der Waals surface area (Å²) >= 11 is 0. The van der Waals surface area contributed by atoms with Gasteiger partial charge in [0.1, 0.15) is 0 Å². The Balaban J connectivity index is 2.49. The Hall–Kier alpha value is -0.570. The van der Waals surface area contributed by atoms with E-state index in [-0.39, 0.29) is 11.8 Å². The van der Waals surface area contributed by atoms with Gasteiger partial charge in [-0.05, 0) is 19.4 Å². The van der Waals surface area contributed by atoms with E-state index < -0.39 is 0 Å². The molecule has 0 aliphatic carbocycles. The molecule has 0 aromatic carbocycles. The van der Waals surface area contributed by atoms with Crippen LogP contribution in [0.25, 0.3) is 0 Å². The number of piperidine rings is 1. The molecule has 3 nitrogen and oxygen atoms in total. The molecule has 2 unspecified atom stereocenters. The third-order valence-electron chi connectivity index (χ3n) is 2.24. The first kappa shape index (κ1) is 8.53. The van der Waals surface area contributed by atoms with E-state index in [4.69, 9.17) is 5.73 Å². The molecule has 0 aromatic rings. The lowest BCUT2D eigenvalue weighted by Gasteiger charge is -2.32. The molecule has 0 bridgehead atoms. The van der Waals surface area contributed by atoms with E-state index >= 15 is 0 Å². The number of nitrogens with zero attached hydrogens (tertiary/aromatic N) is 1. The first-order valence-electron chi connectivity index (χ1n) is 4.07. The van der Waals surface area contributed by atoms with Crippen LogP contribution in [0.2, 0.25) is 0 Å². The normalized spacial score (nSPS) is 33.6. The molecule has 1 aliphatic heterocycles. The Morgan fingerprint density at radius 1 is 1.55 bits per heavy atom. The number of likely N-dealkylation sites (tertiary alicyclic amines) is 1. The number of rotatable bonds is 1. The monoisotopic (exact) mass is 156 g/mol. The van der Waals surface area contributed by atoms with Gasteiger partial charge in [-0.25, -0.2) is 0 Å². The molecule has 64 valence electrons. The molecule has 1 amide bonds. The second-order valence-corrected chi connectivity index (χ2v) is 3.66. The predicted molar refractivity (Wildman–Crippen MR) is 44.0 cm³/mol. The predicted octanol–water partition coefficient (Wildman–Crippen LogP) is 0.0595. The van der Waals surface area contributed by atoms with Crippen molar-refractivity contribution in [2.45, 2.75) is 13.3 Å². The fraction of sp³-hybridized carbons (Fsp3) is 0.875. The fourth-order valence-corrected chi connectivity index (χ4v) is 1.82. The van der Waals surface area contributed by atoms with Gasteiger partial charge in [0.05, 0.1) is 5.92 Å². The lowest BCUT2D eigenvalue weighted by atomic mass is 9.90. The van der Waals surface area contributed by atoms with Crippen molar-refractivity contribution in [3.63, 3.8) is 0 Å². The maximum absolute atomic E-state index is 10.8. The van der Waals surface area contributed by atoms with Crippen LogP contribution >= 0.6 is 0 Å². The Kier molecular flexibility index (Phi) is 2.49. The SMILES string of the molecule is CC1CC(C(N)=O)CN(C)C1. The van der Waals surface area contributed by atoms with Crippen LogP contribution in [-0.2, 0) is 4.79 Å². The van der Waals surface area contributed by atoms with Gasteiger partial charge in [0.25, 0.3) is 0 Å². The Morgan fingerprint density at radius 2 is 2.18 bits per heavy atom. The van der Waals surface area contributed by atoms with Gasteiger partial charge in [0.15, 0.2) is 0 Å². The molecule has 1 aliphatic rings. The third-order valence-corrected chi connectivity index (χ3v) is 2.24. The summed E-state index contributed by atoms with van der Waals surface area (Å²) in [6.45, 7) is 4.08. The van der Waals surface area contributed by atoms with Crippen LogP contribution in [0, 0.1) is 11.8 Å². The smallest absolute Gasteiger partial charge is 0.221 e. The van der Waals surface area contributed by atoms with Gasteiger partial charge in [0, 0.05) is 13.1 Å². The van der Waals surface area contributed by atoms with Crippen LogP contribution in [0.15, 0.2) is 0 Å². The first-order valence-corrected chi connectivity index (χ1v) is 4.07. The molecule has 1 heterocycles. The topological polar surface area (TPSA) is 46.3 Å². The number of carbonyl (C=O) groups excluding carboxylic acids is 1. The van der Waals surface area contributed by atoms with Gasteiger partial charge in [-0.3, -0.25) is 4.79 Å². The van der Waals surface area contributed by atoms with E-state index in [1.165, 1.54) is 0 Å². The fourth-order valence-electron chi connectivity index (χ4n) is 1.82. The molecule has 3 heteroatoms. The maximum atomic E-state index is 10.8. The Morgan fingerprint density at radius 3 is 2.64 bits per heavy atom. The zero-order valence-corrected chi connectivity index (χ0v) is 7.21. The van der Waals surface area contributed by atoms with Crippen LogP contribution < -0.4 is 5.73 Å². The summed E-state index contributed by atoms with van der Waals surface area (Å²) < 4.78 is 0. The molecule has 1 rings (SSSR count). The highest BCUT2D eigenvalue weighted by molar-refractivity contribution is 5.76. The largest absolute Gasteiger partial charge is 0.369 e. The van der Waals surface area contributed by atoms with Gasteiger partial charge in [-0.1, -0.05) is 6.92 Å². The standard InChI is InChI=1S/C8H16N2O/c1-6-3-7(8(9)11)5-10(2)4-6/h6-7H,3-5H2,1-2H3,(H2,9,11). The summed E-state index contributed by atoms with van der Waals surface area (Å²) in [5.74, 6) is 0.526. The lowest BCUT2D eigenvalue weighted by molar-refractivity contribution is -0.123. The van der Waals surface area contributed by atoms with E-state index in [1.807, 2.05) is 7.05 Å². The summed E-state index contributed by atoms with van der Waals surface area (Å²) in [6, 6.07) is 0. The summed E-state index contributed by atoms with van der Waals surface area (Å²) in [5, 5.41) is 0. The summed E-state index contributed by atoms with van der Waals surface area (Å²) in [4.78, 5) is 13.0. The molecule has 11 heavy (non-hydrogen) atoms. The zero-order valence-electron chi connectivity index (χ0n) is 7.21. The van der Waals surface area contributed by atoms with Crippen molar-refractivity contribution in [3.05, 3.63) is 0 Å². The van der Waals surface area contributed by atoms with E-state index in [1.54, 1.807) is 0 Å². The quantitative estimate of drug-likeness (QED) is 0.583. The van der Waals surface area contributed by atoms with Crippen LogP contribution in [0.3, 0.4) is 0 Å². The van der Waals surface area contributed by atoms with Crippen LogP contribution in [0.5, 0.6) is 0 Å². The number of nitrogens with two attached hydrogens (primary N) is 1. The van der Waals surface area contributed by atoms with E-state index in [0.29, 0.717) is 5.92 Å². The maximum Gasteiger partial charge on any atom is 0.221 e. The van der Waals surface area contributed by atoms with Crippen molar-refractivity contribution in [2.75, 3.05) is 20.1 Å². The van der Waals surface area contributed by atoms with Crippen molar-refractivity contribution >= 4 is 5.91 Å². The first-order chi connectivity index (χ1) is 5.09. The average Bonchev–Trinajstić information content (AvgIpc) is 1.85. The summed E-state index contributed by atoms with van der Waals surface area (Å²) in [7, 11) is 2.03. The molecule has 2 atom stereocenters. The van der Waals surface area contributed by atoms with E-state index in [0.717, 1.165) is 19.5 Å². The van der Waals surface area contributed by atoms with E-state index in [9.17, 15) is 4.79 Å². The lowest BCUT2D eigenvalue weighted by Crippen LogP contribution is -2.42. The molecule has 1 fully saturated rings. The van der Waals surface area contributed by atoms with Crippen LogP contribution in [0.4, 0.5) is 0 Å². The number of hydrogen-bond donors (Lipinski definition) is 1. The minimum absolute atomic E-state index is 0.0729. The molecule has 1 saturated heterocycles. The van der Waals surface area contributed by atoms with Crippen molar-refractivity contribution in [2.24, 2.45) is 17.6 Å². The van der Waals surface area contributed by atoms with Gasteiger partial charge in [-0.15, -0.1) is 0 Å². The molecular formula is C8H16N2O. The van der Waals surface area contributed by atoms with Gasteiger partial charge < -0.3 is 10.6 Å². The van der Waals surface area contributed by atoms with Crippen molar-refractivity contribution in [1.29, 1.82) is 0 Å². The zero-order chi connectivity index (χ0) is 8.43. The minimum atomic E-state index is -0.150. The van der Waals surface area contributed by atoms with Crippen LogP contribution in [0.1, 0.15) is 13.3 Å². The van der Waals surface area contributed by atoms with Crippen molar-refractivity contribution in [1.82, 2.24) is 4.90 Å². The second-order valence-electron chi connectivity index (χ2n) is 3.66. The molecule has 0 spiro atoms. The van der Waals surface area contributed by atoms with Crippen molar-refractivity contribution < 1.29 is 4.79 Å². The van der Waals surface area contributed by atoms with Gasteiger partial charge in [0.2, 0.25) is 5.91 Å². The highest BCUT2D eigenvalue weighted by atomic mass is 16.1. The highest BCUT2D eigenvalue weighted by Gasteiger charge is 2.25. The number of amides is 1. The van der Waals surface area contributed by atoms with Gasteiger partial charge >= 0.3 is 0 Å². The second kappa shape index (κ2) is 3.22. The molecule has 0 aromatic heterocycles. The third kappa shape index (κ3) is 2.19. The number of primary amides is 1. The summed E-state index contributed by atoms with van der Waals surface area (Å²) in [5.41, 5.74) is 5.23. The molecular weight excluding hydrogens is 140 g/mol. The molecule has 2 N–H and O–H groups in total. The Labute approximate surface area is 67.5 Å². The Bertz CT molecular complexity index is 148. The minimum Gasteiger partial charge on any atom is -0.369 e. The number of carbonyl (C=O) groups is 1. The molecule has 0 saturated carbocycles. The van der Waals surface area contributed by atoms with E-state index in [2.05, 4.69) is 11.8 Å². The van der Waals surface area contributed by atoms with Crippen molar-refractivity contribution in [3.8, 4) is 0 Å². The average molecular weight is 156 g/mol. The summed E-state index contributed by atoms with van der Waals surface area (Å²) in [6.07, 6.45) is 0.958.